The molecule has 6 heteroatoms. The van der Waals surface area contributed by atoms with Gasteiger partial charge >= 0.3 is 0 Å². The number of methoxy groups -OCH3 is 2. The van der Waals surface area contributed by atoms with Crippen LogP contribution in [-0.4, -0.2) is 67.2 Å². The smallest absolute Gasteiger partial charge is 0.270 e. The number of fused-ring (bicyclic) bond motifs is 2. The first-order chi connectivity index (χ1) is 14.0. The van der Waals surface area contributed by atoms with Crippen molar-refractivity contribution in [2.24, 2.45) is 13.0 Å². The summed E-state index contributed by atoms with van der Waals surface area (Å²) in [6, 6.07) is 6.35. The van der Waals surface area contributed by atoms with Crippen LogP contribution in [0.15, 0.2) is 18.2 Å². The molecule has 2 atom stereocenters. The molecule has 1 aromatic heterocycles. The largest absolute Gasteiger partial charge is 0.496 e. The predicted octanol–water partition coefficient (Wildman–Crippen LogP) is 3.53. The van der Waals surface area contributed by atoms with Gasteiger partial charge in [0.05, 0.1) is 19.7 Å². The van der Waals surface area contributed by atoms with Crippen molar-refractivity contribution < 1.29 is 14.3 Å². The molecule has 0 saturated carbocycles. The fraction of sp³-hybridized carbons (Fsp3) is 0.609. The van der Waals surface area contributed by atoms with E-state index in [0.717, 1.165) is 28.9 Å². The van der Waals surface area contributed by atoms with Gasteiger partial charge in [-0.25, -0.2) is 0 Å². The zero-order chi connectivity index (χ0) is 20.5. The van der Waals surface area contributed by atoms with Crippen molar-refractivity contribution in [1.29, 1.82) is 0 Å². The summed E-state index contributed by atoms with van der Waals surface area (Å²) in [5.41, 5.74) is 1.56. The SMILES string of the molecule is COc1ccc(OC)c2c1cc(C(=O)N(C)C[C@@H]1CCCN3CCCC[C@H]13)n2C. The second-order valence-electron chi connectivity index (χ2n) is 8.51. The van der Waals surface area contributed by atoms with Crippen LogP contribution < -0.4 is 9.47 Å². The van der Waals surface area contributed by atoms with Crippen LogP contribution in [0, 0.1) is 5.92 Å². The lowest BCUT2D eigenvalue weighted by Gasteiger charge is -2.45. The molecule has 2 aliphatic rings. The second-order valence-corrected chi connectivity index (χ2v) is 8.51. The molecule has 3 heterocycles. The van der Waals surface area contributed by atoms with Crippen LogP contribution in [0.2, 0.25) is 0 Å². The highest BCUT2D eigenvalue weighted by Gasteiger charge is 2.34. The molecule has 0 unspecified atom stereocenters. The summed E-state index contributed by atoms with van der Waals surface area (Å²) in [6.45, 7) is 3.26. The number of carbonyl (C=O) groups excluding carboxylic acids is 1. The minimum atomic E-state index is 0.0562. The summed E-state index contributed by atoms with van der Waals surface area (Å²) in [6.07, 6.45) is 6.37. The summed E-state index contributed by atoms with van der Waals surface area (Å²) < 4.78 is 13.0. The number of carbonyl (C=O) groups is 1. The lowest BCUT2D eigenvalue weighted by atomic mass is 9.83. The van der Waals surface area contributed by atoms with Gasteiger partial charge in [-0.05, 0) is 62.9 Å². The summed E-state index contributed by atoms with van der Waals surface area (Å²) in [5.74, 6) is 2.12. The Kier molecular flexibility index (Phi) is 5.72. The molecule has 2 fully saturated rings. The Labute approximate surface area is 173 Å². The van der Waals surface area contributed by atoms with Crippen molar-refractivity contribution in [2.75, 3.05) is 40.9 Å². The van der Waals surface area contributed by atoms with Crippen LogP contribution in [0.5, 0.6) is 11.5 Å². The summed E-state index contributed by atoms with van der Waals surface area (Å²) in [5, 5.41) is 0.905. The lowest BCUT2D eigenvalue weighted by Crippen LogP contribution is -2.51. The van der Waals surface area contributed by atoms with Gasteiger partial charge in [-0.15, -0.1) is 0 Å². The van der Waals surface area contributed by atoms with Gasteiger partial charge < -0.3 is 23.8 Å². The first-order valence-corrected chi connectivity index (χ1v) is 10.7. The Morgan fingerprint density at radius 1 is 1.10 bits per heavy atom. The molecule has 2 saturated heterocycles. The van der Waals surface area contributed by atoms with Gasteiger partial charge in [0.25, 0.3) is 5.91 Å². The quantitative estimate of drug-likeness (QED) is 0.772. The van der Waals surface area contributed by atoms with Crippen LogP contribution in [0.3, 0.4) is 0 Å². The molecule has 158 valence electrons. The fourth-order valence-corrected chi connectivity index (χ4v) is 5.38. The molecular formula is C23H33N3O3. The molecule has 2 aliphatic heterocycles. The third-order valence-corrected chi connectivity index (χ3v) is 6.86. The number of aromatic nitrogens is 1. The highest BCUT2D eigenvalue weighted by molar-refractivity contribution is 6.02. The second kappa shape index (κ2) is 8.27. The molecule has 0 radical (unpaired) electrons. The first kappa shape index (κ1) is 20.1. The average molecular weight is 400 g/mol. The molecule has 6 nitrogen and oxygen atoms in total. The topological polar surface area (TPSA) is 46.9 Å². The number of amides is 1. The number of hydrogen-bond donors (Lipinski definition) is 0. The van der Waals surface area contributed by atoms with Crippen LogP contribution >= 0.6 is 0 Å². The minimum absolute atomic E-state index is 0.0562. The Balaban J connectivity index is 1.59. The maximum Gasteiger partial charge on any atom is 0.270 e. The maximum atomic E-state index is 13.4. The third kappa shape index (κ3) is 3.59. The highest BCUT2D eigenvalue weighted by atomic mass is 16.5. The number of aryl methyl sites for hydroxylation is 1. The van der Waals surface area contributed by atoms with E-state index in [1.54, 1.807) is 14.2 Å². The van der Waals surface area contributed by atoms with Gasteiger partial charge in [-0.2, -0.15) is 0 Å². The van der Waals surface area contributed by atoms with Crippen LogP contribution in [-0.2, 0) is 7.05 Å². The molecule has 4 rings (SSSR count). The normalized spacial score (nSPS) is 22.3. The zero-order valence-corrected chi connectivity index (χ0v) is 18.1. The molecule has 0 bridgehead atoms. The summed E-state index contributed by atoms with van der Waals surface area (Å²) in [7, 11) is 7.17. The van der Waals surface area contributed by atoms with Crippen molar-refractivity contribution in [3.63, 3.8) is 0 Å². The number of ether oxygens (including phenoxy) is 2. The van der Waals surface area contributed by atoms with E-state index in [-0.39, 0.29) is 5.91 Å². The fourth-order valence-electron chi connectivity index (χ4n) is 5.38. The molecular weight excluding hydrogens is 366 g/mol. The zero-order valence-electron chi connectivity index (χ0n) is 18.1. The molecule has 29 heavy (non-hydrogen) atoms. The van der Waals surface area contributed by atoms with E-state index in [2.05, 4.69) is 4.90 Å². The van der Waals surface area contributed by atoms with Gasteiger partial charge in [0.1, 0.15) is 17.2 Å². The van der Waals surface area contributed by atoms with E-state index < -0.39 is 0 Å². The van der Waals surface area contributed by atoms with Crippen molar-refractivity contribution in [1.82, 2.24) is 14.4 Å². The first-order valence-electron chi connectivity index (χ1n) is 10.7. The molecule has 0 aliphatic carbocycles. The van der Waals surface area contributed by atoms with Gasteiger partial charge in [0.15, 0.2) is 0 Å². The van der Waals surface area contributed by atoms with E-state index in [9.17, 15) is 4.79 Å². The van der Waals surface area contributed by atoms with Crippen molar-refractivity contribution in [3.8, 4) is 11.5 Å². The maximum absolute atomic E-state index is 13.4. The predicted molar refractivity (Wildman–Crippen MR) is 115 cm³/mol. The molecule has 1 aromatic carbocycles. The van der Waals surface area contributed by atoms with E-state index in [1.165, 1.54) is 45.2 Å². The number of benzene rings is 1. The summed E-state index contributed by atoms with van der Waals surface area (Å²) in [4.78, 5) is 17.9. The minimum Gasteiger partial charge on any atom is -0.496 e. The Morgan fingerprint density at radius 2 is 1.83 bits per heavy atom. The summed E-state index contributed by atoms with van der Waals surface area (Å²) >= 11 is 0. The number of piperidine rings is 2. The molecule has 0 spiro atoms. The Hall–Kier alpha value is -2.21. The molecule has 2 aromatic rings. The van der Waals surface area contributed by atoms with Crippen LogP contribution in [0.25, 0.3) is 10.9 Å². The number of rotatable bonds is 5. The molecule has 1 amide bonds. The van der Waals surface area contributed by atoms with E-state index >= 15 is 0 Å². The monoisotopic (exact) mass is 399 g/mol. The van der Waals surface area contributed by atoms with Crippen LogP contribution in [0.1, 0.15) is 42.6 Å². The average Bonchev–Trinajstić information content (AvgIpc) is 3.10. The standard InChI is InChI=1S/C23H33N3O3/c1-24(15-16-8-7-13-26-12-6-5-9-18(16)26)23(27)19-14-17-20(28-3)10-11-21(29-4)22(17)25(19)2/h10-11,14,16,18H,5-9,12-13,15H2,1-4H3/t16-,18+/m0/s1. The van der Waals surface area contributed by atoms with Gasteiger partial charge in [0, 0.05) is 32.1 Å². The highest BCUT2D eigenvalue weighted by Crippen LogP contribution is 2.36. The van der Waals surface area contributed by atoms with Crippen molar-refractivity contribution in [2.45, 2.75) is 38.1 Å². The lowest BCUT2D eigenvalue weighted by molar-refractivity contribution is 0.0400. The Morgan fingerprint density at radius 3 is 2.59 bits per heavy atom. The van der Waals surface area contributed by atoms with E-state index in [0.29, 0.717) is 17.7 Å². The van der Waals surface area contributed by atoms with Gasteiger partial charge in [0.2, 0.25) is 0 Å². The van der Waals surface area contributed by atoms with Crippen LogP contribution in [0.4, 0.5) is 0 Å². The van der Waals surface area contributed by atoms with E-state index in [1.807, 2.05) is 41.8 Å². The number of hydrogen-bond acceptors (Lipinski definition) is 4. The van der Waals surface area contributed by atoms with Gasteiger partial charge in [-0.3, -0.25) is 4.79 Å². The number of nitrogens with zero attached hydrogens (tertiary/aromatic N) is 3. The van der Waals surface area contributed by atoms with E-state index in [4.69, 9.17) is 9.47 Å². The van der Waals surface area contributed by atoms with Gasteiger partial charge in [-0.1, -0.05) is 6.42 Å². The Bertz CT molecular complexity index is 889. The molecule has 0 N–H and O–H groups in total. The van der Waals surface area contributed by atoms with Crippen molar-refractivity contribution >= 4 is 16.8 Å². The third-order valence-electron chi connectivity index (χ3n) is 6.86. The van der Waals surface area contributed by atoms with Crippen molar-refractivity contribution in [3.05, 3.63) is 23.9 Å².